The molecule has 0 spiro atoms. The number of halogens is 1. The van der Waals surface area contributed by atoms with E-state index in [2.05, 4.69) is 38.7 Å². The number of hydrogen-bond donors (Lipinski definition) is 3. The summed E-state index contributed by atoms with van der Waals surface area (Å²) in [5.74, 6) is -1.63. The highest BCUT2D eigenvalue weighted by atomic mass is 79.9. The lowest BCUT2D eigenvalue weighted by Crippen LogP contribution is -2.43. The molecule has 0 bridgehead atoms. The zero-order valence-electron chi connectivity index (χ0n) is 18.9. The first-order valence-electron chi connectivity index (χ1n) is 11.3. The van der Waals surface area contributed by atoms with Gasteiger partial charge in [-0.05, 0) is 39.9 Å². The van der Waals surface area contributed by atoms with Crippen LogP contribution < -0.4 is 10.6 Å². The Morgan fingerprint density at radius 2 is 1.51 bits per heavy atom. The molecular formula is C27H25BrN2O5. The van der Waals surface area contributed by atoms with Gasteiger partial charge in [0.05, 0.1) is 0 Å². The fraction of sp³-hybridized carbons (Fsp3) is 0.222. The quantitative estimate of drug-likeness (QED) is 0.373. The number of benzene rings is 3. The number of nitrogens with one attached hydrogen (secondary N) is 2. The Morgan fingerprint density at radius 1 is 0.914 bits per heavy atom. The minimum atomic E-state index is -1.12. The van der Waals surface area contributed by atoms with Crippen molar-refractivity contribution in [1.29, 1.82) is 0 Å². The smallest absolute Gasteiger partial charge is 0.407 e. The minimum absolute atomic E-state index is 0.0349. The molecule has 0 fully saturated rings. The van der Waals surface area contributed by atoms with Crippen molar-refractivity contribution >= 4 is 33.9 Å². The van der Waals surface area contributed by atoms with E-state index in [1.54, 1.807) is 12.1 Å². The minimum Gasteiger partial charge on any atom is -0.480 e. The van der Waals surface area contributed by atoms with Gasteiger partial charge in [0.2, 0.25) is 5.91 Å². The lowest BCUT2D eigenvalue weighted by Gasteiger charge is -2.16. The predicted molar refractivity (Wildman–Crippen MR) is 135 cm³/mol. The van der Waals surface area contributed by atoms with E-state index >= 15 is 0 Å². The van der Waals surface area contributed by atoms with Crippen LogP contribution in [0.1, 0.15) is 29.0 Å². The molecule has 0 radical (unpaired) electrons. The average Bonchev–Trinajstić information content (AvgIpc) is 3.17. The number of carboxylic acids is 1. The molecule has 1 atom stereocenters. The third-order valence-corrected chi connectivity index (χ3v) is 6.48. The molecule has 0 aromatic heterocycles. The van der Waals surface area contributed by atoms with E-state index in [1.165, 1.54) is 0 Å². The van der Waals surface area contributed by atoms with E-state index in [1.807, 2.05) is 48.5 Å². The number of amides is 2. The number of rotatable bonds is 9. The Kier molecular flexibility index (Phi) is 7.82. The SMILES string of the molecule is O=C(CCNC(=O)OCC1c2ccccc2-c2ccccc21)N[C@H](Cc1ccc(Br)cc1)C(=O)O. The molecule has 35 heavy (non-hydrogen) atoms. The normalized spacial score (nSPS) is 12.8. The highest BCUT2D eigenvalue weighted by Gasteiger charge is 2.29. The first kappa shape index (κ1) is 24.5. The van der Waals surface area contributed by atoms with Crippen LogP contribution in [0.4, 0.5) is 4.79 Å². The Hall–Kier alpha value is -3.65. The third-order valence-electron chi connectivity index (χ3n) is 5.95. The summed E-state index contributed by atoms with van der Waals surface area (Å²) in [6.07, 6.45) is -0.521. The standard InChI is InChI=1S/C27H25BrN2O5/c28-18-11-9-17(10-12-18)15-24(26(32)33)30-25(31)13-14-29-27(34)35-16-23-21-7-3-1-5-19(21)20-6-2-4-8-22(20)23/h1-12,23-24H,13-16H2,(H,29,34)(H,30,31)(H,32,33)/t24-/m1/s1. The van der Waals surface area contributed by atoms with Crippen LogP contribution in [0.5, 0.6) is 0 Å². The molecule has 1 aliphatic rings. The van der Waals surface area contributed by atoms with Crippen LogP contribution in [0.25, 0.3) is 11.1 Å². The topological polar surface area (TPSA) is 105 Å². The Bertz CT molecular complexity index is 1180. The van der Waals surface area contributed by atoms with Crippen LogP contribution in [0.2, 0.25) is 0 Å². The van der Waals surface area contributed by atoms with Gasteiger partial charge < -0.3 is 20.5 Å². The van der Waals surface area contributed by atoms with E-state index in [9.17, 15) is 19.5 Å². The monoisotopic (exact) mass is 536 g/mol. The number of carbonyl (C=O) groups excluding carboxylic acids is 2. The fourth-order valence-electron chi connectivity index (χ4n) is 4.25. The Morgan fingerprint density at radius 3 is 2.11 bits per heavy atom. The summed E-state index contributed by atoms with van der Waals surface area (Å²) >= 11 is 3.33. The molecular weight excluding hydrogens is 512 g/mol. The largest absolute Gasteiger partial charge is 0.480 e. The number of alkyl carbamates (subject to hydrolysis) is 1. The summed E-state index contributed by atoms with van der Waals surface area (Å²) in [5.41, 5.74) is 5.31. The molecule has 4 rings (SSSR count). The average molecular weight is 537 g/mol. The number of ether oxygens (including phenoxy) is 1. The second-order valence-electron chi connectivity index (χ2n) is 8.29. The van der Waals surface area contributed by atoms with Crippen LogP contribution in [0.3, 0.4) is 0 Å². The van der Waals surface area contributed by atoms with Gasteiger partial charge in [0, 0.05) is 29.8 Å². The van der Waals surface area contributed by atoms with Crippen LogP contribution >= 0.6 is 15.9 Å². The Labute approximate surface area is 211 Å². The number of carbonyl (C=O) groups is 3. The molecule has 0 aliphatic heterocycles. The summed E-state index contributed by atoms with van der Waals surface area (Å²) in [5, 5.41) is 14.5. The molecule has 0 saturated heterocycles. The summed E-state index contributed by atoms with van der Waals surface area (Å²) in [7, 11) is 0. The number of fused-ring (bicyclic) bond motifs is 3. The van der Waals surface area contributed by atoms with Gasteiger partial charge in [-0.25, -0.2) is 9.59 Å². The third kappa shape index (κ3) is 6.08. The van der Waals surface area contributed by atoms with Gasteiger partial charge >= 0.3 is 12.1 Å². The molecule has 0 heterocycles. The molecule has 3 N–H and O–H groups in total. The molecule has 1 aliphatic carbocycles. The van der Waals surface area contributed by atoms with Crippen molar-refractivity contribution in [2.45, 2.75) is 24.8 Å². The highest BCUT2D eigenvalue weighted by Crippen LogP contribution is 2.44. The van der Waals surface area contributed by atoms with E-state index in [0.29, 0.717) is 0 Å². The molecule has 0 saturated carbocycles. The van der Waals surface area contributed by atoms with Crippen molar-refractivity contribution < 1.29 is 24.2 Å². The van der Waals surface area contributed by atoms with Crippen LogP contribution in [-0.2, 0) is 20.7 Å². The van der Waals surface area contributed by atoms with E-state index in [-0.39, 0.29) is 31.9 Å². The number of hydrogen-bond acceptors (Lipinski definition) is 4. The molecule has 3 aromatic rings. The first-order valence-corrected chi connectivity index (χ1v) is 12.1. The second kappa shape index (κ2) is 11.2. The van der Waals surface area contributed by atoms with Crippen LogP contribution in [0.15, 0.2) is 77.3 Å². The van der Waals surface area contributed by atoms with E-state index in [0.717, 1.165) is 32.3 Å². The van der Waals surface area contributed by atoms with Gasteiger partial charge in [0.15, 0.2) is 0 Å². The van der Waals surface area contributed by atoms with Crippen LogP contribution in [0, 0.1) is 0 Å². The summed E-state index contributed by atoms with van der Waals surface area (Å²) < 4.78 is 6.34. The predicted octanol–water partition coefficient (Wildman–Crippen LogP) is 4.49. The summed E-state index contributed by atoms with van der Waals surface area (Å²) in [4.78, 5) is 36.1. The number of carboxylic acid groups (broad SMARTS) is 1. The van der Waals surface area contributed by atoms with Gasteiger partial charge in [0.25, 0.3) is 0 Å². The summed E-state index contributed by atoms with van der Waals surface area (Å²) in [6, 6.07) is 22.3. The summed E-state index contributed by atoms with van der Waals surface area (Å²) in [6.45, 7) is 0.216. The maximum atomic E-state index is 12.3. The zero-order valence-corrected chi connectivity index (χ0v) is 20.5. The Balaban J connectivity index is 1.24. The van der Waals surface area contributed by atoms with Crippen molar-refractivity contribution in [3.63, 3.8) is 0 Å². The molecule has 8 heteroatoms. The zero-order chi connectivity index (χ0) is 24.8. The lowest BCUT2D eigenvalue weighted by atomic mass is 9.98. The molecule has 180 valence electrons. The maximum Gasteiger partial charge on any atom is 0.407 e. The maximum absolute atomic E-state index is 12.3. The molecule has 7 nitrogen and oxygen atoms in total. The van der Waals surface area contributed by atoms with Crippen molar-refractivity contribution in [2.75, 3.05) is 13.2 Å². The molecule has 3 aromatic carbocycles. The van der Waals surface area contributed by atoms with Crippen LogP contribution in [-0.4, -0.2) is 42.3 Å². The van der Waals surface area contributed by atoms with Gasteiger partial charge in [-0.15, -0.1) is 0 Å². The van der Waals surface area contributed by atoms with Crippen molar-refractivity contribution in [1.82, 2.24) is 10.6 Å². The second-order valence-corrected chi connectivity index (χ2v) is 9.21. The van der Waals surface area contributed by atoms with E-state index in [4.69, 9.17) is 4.74 Å². The number of aliphatic carboxylic acids is 1. The van der Waals surface area contributed by atoms with E-state index < -0.39 is 24.0 Å². The lowest BCUT2D eigenvalue weighted by molar-refractivity contribution is -0.141. The van der Waals surface area contributed by atoms with Gasteiger partial charge in [-0.1, -0.05) is 76.6 Å². The fourth-order valence-corrected chi connectivity index (χ4v) is 4.51. The van der Waals surface area contributed by atoms with Gasteiger partial charge in [0.1, 0.15) is 12.6 Å². The van der Waals surface area contributed by atoms with Crippen molar-refractivity contribution in [3.8, 4) is 11.1 Å². The first-order chi connectivity index (χ1) is 16.9. The molecule has 2 amide bonds. The van der Waals surface area contributed by atoms with Gasteiger partial charge in [-0.2, -0.15) is 0 Å². The molecule has 0 unspecified atom stereocenters. The van der Waals surface area contributed by atoms with Crippen molar-refractivity contribution in [2.24, 2.45) is 0 Å². The van der Waals surface area contributed by atoms with Crippen molar-refractivity contribution in [3.05, 3.63) is 94.0 Å². The highest BCUT2D eigenvalue weighted by molar-refractivity contribution is 9.10. The van der Waals surface area contributed by atoms with Gasteiger partial charge in [-0.3, -0.25) is 4.79 Å².